The summed E-state index contributed by atoms with van der Waals surface area (Å²) in [6.45, 7) is 5.37. The van der Waals surface area contributed by atoms with Crippen LogP contribution in [0.4, 0.5) is 5.69 Å². The second-order valence-electron chi connectivity index (χ2n) is 3.78. The van der Waals surface area contributed by atoms with Crippen molar-refractivity contribution in [3.05, 3.63) is 24.0 Å². The number of ether oxygens (including phenoxy) is 1. The Labute approximate surface area is 97.4 Å². The predicted molar refractivity (Wildman–Crippen MR) is 66.7 cm³/mol. The molecule has 1 aromatic heterocycles. The van der Waals surface area contributed by atoms with Crippen molar-refractivity contribution >= 4 is 5.69 Å². The lowest BCUT2D eigenvalue weighted by Crippen LogP contribution is -2.30. The number of methoxy groups -OCH3 is 1. The molecule has 0 unspecified atom stereocenters. The van der Waals surface area contributed by atoms with Gasteiger partial charge in [-0.1, -0.05) is 0 Å². The Morgan fingerprint density at radius 2 is 2.25 bits per heavy atom. The standard InChI is InChI=1S/C12H21N3O/c1-11-10-14-6-4-12(11)15(7-3-5-13)8-9-16-2/h4,6,10H,3,5,7-9,13H2,1-2H3. The molecule has 0 bridgehead atoms. The van der Waals surface area contributed by atoms with Gasteiger partial charge in [-0.15, -0.1) is 0 Å². The molecule has 16 heavy (non-hydrogen) atoms. The van der Waals surface area contributed by atoms with Gasteiger partial charge in [-0.05, 0) is 31.5 Å². The van der Waals surface area contributed by atoms with Gasteiger partial charge in [0.1, 0.15) is 0 Å². The van der Waals surface area contributed by atoms with Crippen molar-refractivity contribution in [1.29, 1.82) is 0 Å². The summed E-state index contributed by atoms with van der Waals surface area (Å²) in [7, 11) is 1.72. The SMILES string of the molecule is COCCN(CCCN)c1ccncc1C. The molecular formula is C12H21N3O. The first kappa shape index (κ1) is 12.9. The zero-order valence-electron chi connectivity index (χ0n) is 10.1. The van der Waals surface area contributed by atoms with Crippen LogP contribution >= 0.6 is 0 Å². The minimum atomic E-state index is 0.716. The maximum atomic E-state index is 5.55. The lowest BCUT2D eigenvalue weighted by Gasteiger charge is -2.25. The number of aryl methyl sites for hydroxylation is 1. The Morgan fingerprint density at radius 3 is 2.88 bits per heavy atom. The number of hydrogen-bond acceptors (Lipinski definition) is 4. The van der Waals surface area contributed by atoms with Gasteiger partial charge in [-0.3, -0.25) is 4.98 Å². The smallest absolute Gasteiger partial charge is 0.0637 e. The van der Waals surface area contributed by atoms with E-state index >= 15 is 0 Å². The third kappa shape index (κ3) is 3.79. The number of nitrogens with two attached hydrogens (primary N) is 1. The highest BCUT2D eigenvalue weighted by Crippen LogP contribution is 2.18. The van der Waals surface area contributed by atoms with Gasteiger partial charge in [-0.25, -0.2) is 0 Å². The molecular weight excluding hydrogens is 202 g/mol. The van der Waals surface area contributed by atoms with Crippen LogP contribution in [0.5, 0.6) is 0 Å². The van der Waals surface area contributed by atoms with Gasteiger partial charge in [0.25, 0.3) is 0 Å². The molecule has 0 aliphatic rings. The van der Waals surface area contributed by atoms with Gasteiger partial charge < -0.3 is 15.4 Å². The molecule has 2 N–H and O–H groups in total. The number of aromatic nitrogens is 1. The highest BCUT2D eigenvalue weighted by Gasteiger charge is 2.07. The third-order valence-corrected chi connectivity index (χ3v) is 2.53. The lowest BCUT2D eigenvalue weighted by molar-refractivity contribution is 0.205. The zero-order chi connectivity index (χ0) is 11.8. The summed E-state index contributed by atoms with van der Waals surface area (Å²) in [6, 6.07) is 2.04. The molecule has 0 atom stereocenters. The van der Waals surface area contributed by atoms with E-state index in [0.29, 0.717) is 6.54 Å². The summed E-state index contributed by atoms with van der Waals surface area (Å²) >= 11 is 0. The molecule has 0 saturated carbocycles. The van der Waals surface area contributed by atoms with E-state index in [2.05, 4.69) is 16.8 Å². The van der Waals surface area contributed by atoms with Crippen molar-refractivity contribution in [1.82, 2.24) is 4.98 Å². The molecule has 1 aromatic rings. The first-order valence-corrected chi connectivity index (χ1v) is 5.64. The van der Waals surface area contributed by atoms with Crippen LogP contribution in [0.1, 0.15) is 12.0 Å². The van der Waals surface area contributed by atoms with Crippen molar-refractivity contribution in [2.24, 2.45) is 5.73 Å². The van der Waals surface area contributed by atoms with Crippen molar-refractivity contribution in [3.8, 4) is 0 Å². The highest BCUT2D eigenvalue weighted by atomic mass is 16.5. The molecule has 1 rings (SSSR count). The number of rotatable bonds is 7. The largest absolute Gasteiger partial charge is 0.383 e. The van der Waals surface area contributed by atoms with Gasteiger partial charge in [0, 0.05) is 38.3 Å². The molecule has 0 radical (unpaired) electrons. The predicted octanol–water partition coefficient (Wildman–Crippen LogP) is 1.19. The second-order valence-corrected chi connectivity index (χ2v) is 3.78. The average Bonchev–Trinajstić information content (AvgIpc) is 2.31. The zero-order valence-corrected chi connectivity index (χ0v) is 10.1. The van der Waals surface area contributed by atoms with Crippen molar-refractivity contribution in [3.63, 3.8) is 0 Å². The first-order chi connectivity index (χ1) is 7.79. The summed E-state index contributed by atoms with van der Waals surface area (Å²) in [5.41, 5.74) is 7.96. The van der Waals surface area contributed by atoms with Crippen molar-refractivity contribution < 1.29 is 4.74 Å². The van der Waals surface area contributed by atoms with E-state index in [1.54, 1.807) is 7.11 Å². The van der Waals surface area contributed by atoms with Gasteiger partial charge in [0.2, 0.25) is 0 Å². The molecule has 0 amide bonds. The normalized spacial score (nSPS) is 10.4. The minimum absolute atomic E-state index is 0.716. The maximum absolute atomic E-state index is 5.55. The molecule has 0 fully saturated rings. The lowest BCUT2D eigenvalue weighted by atomic mass is 10.2. The Morgan fingerprint density at radius 1 is 1.44 bits per heavy atom. The van der Waals surface area contributed by atoms with Crippen LogP contribution in [-0.2, 0) is 4.74 Å². The molecule has 0 saturated heterocycles. The molecule has 0 aromatic carbocycles. The summed E-state index contributed by atoms with van der Waals surface area (Å²) in [5.74, 6) is 0. The number of nitrogens with zero attached hydrogens (tertiary/aromatic N) is 2. The van der Waals surface area contributed by atoms with Crippen LogP contribution in [0.2, 0.25) is 0 Å². The van der Waals surface area contributed by atoms with Crippen LogP contribution in [0.3, 0.4) is 0 Å². The number of pyridine rings is 1. The molecule has 0 aliphatic carbocycles. The highest BCUT2D eigenvalue weighted by molar-refractivity contribution is 5.51. The second kappa shape index (κ2) is 7.19. The van der Waals surface area contributed by atoms with Crippen LogP contribution in [-0.4, -0.2) is 38.3 Å². The molecule has 1 heterocycles. The Bertz CT molecular complexity index is 296. The van der Waals surface area contributed by atoms with E-state index in [0.717, 1.165) is 26.1 Å². The molecule has 0 spiro atoms. The summed E-state index contributed by atoms with van der Waals surface area (Å²) in [5, 5.41) is 0. The van der Waals surface area contributed by atoms with E-state index in [-0.39, 0.29) is 0 Å². The summed E-state index contributed by atoms with van der Waals surface area (Å²) in [6.07, 6.45) is 4.70. The van der Waals surface area contributed by atoms with Gasteiger partial charge in [0.05, 0.1) is 6.61 Å². The summed E-state index contributed by atoms with van der Waals surface area (Å²) in [4.78, 5) is 6.40. The van der Waals surface area contributed by atoms with E-state index in [1.807, 2.05) is 18.5 Å². The van der Waals surface area contributed by atoms with Crippen LogP contribution in [0.25, 0.3) is 0 Å². The van der Waals surface area contributed by atoms with Crippen LogP contribution < -0.4 is 10.6 Å². The number of anilines is 1. The van der Waals surface area contributed by atoms with E-state index < -0.39 is 0 Å². The van der Waals surface area contributed by atoms with Crippen molar-refractivity contribution in [2.45, 2.75) is 13.3 Å². The quantitative estimate of drug-likeness (QED) is 0.754. The van der Waals surface area contributed by atoms with Gasteiger partial charge in [0.15, 0.2) is 0 Å². The fourth-order valence-corrected chi connectivity index (χ4v) is 1.66. The Hall–Kier alpha value is -1.13. The van der Waals surface area contributed by atoms with E-state index in [4.69, 9.17) is 10.5 Å². The fraction of sp³-hybridized carbons (Fsp3) is 0.583. The summed E-state index contributed by atoms with van der Waals surface area (Å²) < 4.78 is 5.13. The topological polar surface area (TPSA) is 51.4 Å². The molecule has 4 nitrogen and oxygen atoms in total. The molecule has 4 heteroatoms. The molecule has 0 aliphatic heterocycles. The monoisotopic (exact) mass is 223 g/mol. The van der Waals surface area contributed by atoms with E-state index in [1.165, 1.54) is 11.3 Å². The minimum Gasteiger partial charge on any atom is -0.383 e. The van der Waals surface area contributed by atoms with E-state index in [9.17, 15) is 0 Å². The average molecular weight is 223 g/mol. The van der Waals surface area contributed by atoms with Crippen molar-refractivity contribution in [2.75, 3.05) is 38.3 Å². The maximum Gasteiger partial charge on any atom is 0.0637 e. The first-order valence-electron chi connectivity index (χ1n) is 5.64. The van der Waals surface area contributed by atoms with Gasteiger partial charge >= 0.3 is 0 Å². The van der Waals surface area contributed by atoms with Crippen LogP contribution in [0, 0.1) is 6.92 Å². The Balaban J connectivity index is 2.70. The van der Waals surface area contributed by atoms with Gasteiger partial charge in [-0.2, -0.15) is 0 Å². The number of hydrogen-bond donors (Lipinski definition) is 1. The Kier molecular flexibility index (Phi) is 5.82. The fourth-order valence-electron chi connectivity index (χ4n) is 1.66. The van der Waals surface area contributed by atoms with Crippen LogP contribution in [0.15, 0.2) is 18.5 Å². The third-order valence-electron chi connectivity index (χ3n) is 2.53. The molecule has 90 valence electrons.